The lowest BCUT2D eigenvalue weighted by molar-refractivity contribution is -0.118. The van der Waals surface area contributed by atoms with E-state index in [1.807, 2.05) is 168 Å². The molecular formula is C125H118F8N8O. The number of hydrazine groups is 2. The lowest BCUT2D eigenvalue weighted by Crippen LogP contribution is -2.52. The number of carbonyl (C=O) groups is 1. The van der Waals surface area contributed by atoms with E-state index in [4.69, 9.17) is 25.0 Å². The van der Waals surface area contributed by atoms with Crippen LogP contribution >= 0.6 is 0 Å². The Balaban J connectivity index is 1.05. The molecule has 0 spiro atoms. The van der Waals surface area contributed by atoms with E-state index in [2.05, 4.69) is 90.9 Å². The number of nitrogens with zero attached hydrogens (tertiary/aromatic N) is 7. The summed E-state index contributed by atoms with van der Waals surface area (Å²) in [5, 5.41) is 2.11. The second kappa shape index (κ2) is 44.7. The summed E-state index contributed by atoms with van der Waals surface area (Å²) in [4.78, 5) is 38.6. The van der Waals surface area contributed by atoms with Gasteiger partial charge in [-0.05, 0) is 216 Å². The predicted octanol–water partition coefficient (Wildman–Crippen LogP) is 31.9. The average Bonchev–Trinajstić information content (AvgIpc) is 1.55. The van der Waals surface area contributed by atoms with E-state index < -0.39 is 121 Å². The summed E-state index contributed by atoms with van der Waals surface area (Å²) in [5.41, 5.74) is 16.6. The molecule has 0 unspecified atom stereocenters. The lowest BCUT2D eigenvalue weighted by atomic mass is 9.84. The summed E-state index contributed by atoms with van der Waals surface area (Å²) < 4.78 is 158. The van der Waals surface area contributed by atoms with Gasteiger partial charge >= 0.3 is 0 Å². The highest BCUT2D eigenvalue weighted by Gasteiger charge is 2.47. The van der Waals surface area contributed by atoms with Crippen LogP contribution in [-0.4, -0.2) is 45.0 Å². The maximum atomic E-state index is 20.8. The average molecular weight is 1900 g/mol. The second-order valence-electron chi connectivity index (χ2n) is 37.2. The Labute approximate surface area is 830 Å². The van der Waals surface area contributed by atoms with Gasteiger partial charge in [-0.25, -0.2) is 70.1 Å². The number of hydrogen-bond acceptors (Lipinski definition) is 8. The number of amidine groups is 5. The van der Waals surface area contributed by atoms with Gasteiger partial charge in [0.1, 0.15) is 58.2 Å². The molecule has 8 aromatic carbocycles. The van der Waals surface area contributed by atoms with E-state index in [1.54, 1.807) is 60.7 Å². The molecule has 0 aromatic heterocycles. The first-order valence-corrected chi connectivity index (χ1v) is 48.6. The molecule has 0 atom stereocenters. The van der Waals surface area contributed by atoms with Crippen LogP contribution < -0.4 is 5.53 Å². The van der Waals surface area contributed by atoms with Crippen molar-refractivity contribution in [1.29, 1.82) is 0 Å². The zero-order valence-electron chi connectivity index (χ0n) is 82.3. The summed E-state index contributed by atoms with van der Waals surface area (Å²) in [5.74, 6) is -11.4. The molecule has 4 heterocycles. The van der Waals surface area contributed by atoms with Crippen molar-refractivity contribution >= 4 is 69.0 Å². The summed E-state index contributed by atoms with van der Waals surface area (Å²) >= 11 is 0. The highest BCUT2D eigenvalue weighted by Crippen LogP contribution is 2.48. The van der Waals surface area contributed by atoms with Crippen LogP contribution in [0.2, 0.25) is 0 Å². The van der Waals surface area contributed by atoms with Gasteiger partial charge in [0.25, 0.3) is 0 Å². The third-order valence-electron chi connectivity index (χ3n) is 27.0. The molecule has 0 saturated heterocycles. The van der Waals surface area contributed by atoms with Crippen LogP contribution in [0.4, 0.5) is 35.1 Å². The number of rotatable bonds is 37. The van der Waals surface area contributed by atoms with Crippen molar-refractivity contribution in [3.63, 3.8) is 0 Å². The minimum atomic E-state index is -1.11. The summed E-state index contributed by atoms with van der Waals surface area (Å²) in [6.45, 7) is 57.5. The summed E-state index contributed by atoms with van der Waals surface area (Å²) in [6.07, 6.45) is 26.9. The third kappa shape index (κ3) is 21.7. The van der Waals surface area contributed by atoms with Crippen molar-refractivity contribution in [2.45, 2.75) is 184 Å². The number of nitrogens with one attached hydrogen (secondary N) is 1. The van der Waals surface area contributed by atoms with E-state index in [0.29, 0.717) is 89.5 Å². The first-order chi connectivity index (χ1) is 68.3. The molecule has 7 aliphatic rings. The first-order valence-electron chi connectivity index (χ1n) is 48.6. The van der Waals surface area contributed by atoms with E-state index in [9.17, 15) is 4.79 Å². The first kappa shape index (κ1) is 102. The molecule has 4 aliphatic heterocycles. The fraction of sp³-hybridized carbons (Fsp3) is 0.224. The number of carbonyl (C=O) groups excluding carboxylic acids is 1. The van der Waals surface area contributed by atoms with Crippen LogP contribution in [0.5, 0.6) is 0 Å². The minimum absolute atomic E-state index is 0.0184. The molecule has 142 heavy (non-hydrogen) atoms. The number of allylic oxidation sites excluding steroid dienone is 28. The molecule has 720 valence electrons. The molecule has 0 radical (unpaired) electrons. The normalized spacial score (nSPS) is 16.4. The van der Waals surface area contributed by atoms with Crippen molar-refractivity contribution in [3.8, 4) is 0 Å². The molecule has 3 aliphatic carbocycles. The van der Waals surface area contributed by atoms with Crippen LogP contribution in [0.3, 0.4) is 0 Å². The maximum Gasteiger partial charge on any atom is 0.167 e. The molecule has 0 fully saturated rings. The van der Waals surface area contributed by atoms with E-state index >= 15 is 35.1 Å². The number of benzene rings is 8. The Morgan fingerprint density at radius 1 is 0.500 bits per heavy atom. The molecule has 0 saturated carbocycles. The number of hydrogen-bond donors (Lipinski definition) is 1. The highest BCUT2D eigenvalue weighted by molar-refractivity contribution is 6.33. The molecule has 8 aromatic rings. The van der Waals surface area contributed by atoms with E-state index in [0.717, 1.165) is 102 Å². The largest absolute Gasteiger partial charge is 0.299 e. The van der Waals surface area contributed by atoms with Gasteiger partial charge in [0.15, 0.2) is 29.2 Å². The summed E-state index contributed by atoms with van der Waals surface area (Å²) in [6, 6.07) is 36.6. The van der Waals surface area contributed by atoms with Gasteiger partial charge in [-0.2, -0.15) is 0 Å². The van der Waals surface area contributed by atoms with Gasteiger partial charge in [0, 0.05) is 87.5 Å². The zero-order valence-corrected chi connectivity index (χ0v) is 82.3. The minimum Gasteiger partial charge on any atom is -0.299 e. The summed E-state index contributed by atoms with van der Waals surface area (Å²) in [7, 11) is 0. The van der Waals surface area contributed by atoms with E-state index in [1.165, 1.54) is 13.0 Å². The van der Waals surface area contributed by atoms with Crippen molar-refractivity contribution < 1.29 is 39.9 Å². The van der Waals surface area contributed by atoms with Crippen LogP contribution in [0.25, 0.3) is 34.1 Å². The molecule has 0 amide bonds. The van der Waals surface area contributed by atoms with Crippen LogP contribution in [-0.2, 0) is 49.7 Å². The fourth-order valence-corrected chi connectivity index (χ4v) is 19.0. The number of aliphatic imine (C=N–C) groups is 5. The van der Waals surface area contributed by atoms with Crippen molar-refractivity contribution in [1.82, 2.24) is 15.6 Å². The van der Waals surface area contributed by atoms with Crippen molar-refractivity contribution in [2.24, 2.45) is 25.0 Å². The Kier molecular flexibility index (Phi) is 32.0. The third-order valence-corrected chi connectivity index (χ3v) is 27.0. The van der Waals surface area contributed by atoms with Crippen LogP contribution in [0.1, 0.15) is 261 Å². The Hall–Kier alpha value is -14.9. The molecule has 9 nitrogen and oxygen atoms in total. The topological polar surface area (TPSA) is 97.4 Å². The van der Waals surface area contributed by atoms with Crippen molar-refractivity contribution in [2.75, 3.05) is 0 Å². The number of Topliss-reactive ketones (excluding diaryl/α,β-unsaturated/α-hetero) is 1. The number of ketones is 1. The fourth-order valence-electron chi connectivity index (χ4n) is 19.0. The predicted molar refractivity (Wildman–Crippen MR) is 571 cm³/mol. The molecule has 17 heteroatoms. The maximum absolute atomic E-state index is 20.8. The zero-order chi connectivity index (χ0) is 101. The standard InChI is InChI=1S/C125H118F8N8O/c1-19-29-76(13)93-38-27-35-85(47-57-93)66-105-106(71-90-52-62-96(63-53-90)78(15)31-21-3)120(133)112-113(119(105)132)125-138-123-111-110(117(130)103(69-87-45-55-92(56-46-87)74(10)11)104(118(111)131)70-89-50-60-95(61-51-89)77(14)30-20-2)122(136-123)135-81(18)140(80(17)98-72-107(126)99(64-84-34-26-37-91(54-44-84)73(8)9)100(114(98)127)67-86-42-40-82(25-7)41-43-86)139-141(125)124(112)137-121-109-108(79(16)134-121)115(128)101(68-88-48-58-94(59-49-88)75(12)24-6)102(116(109)129)65-83(32-22-4)36-28-39-97(142)33-23-5/h22,25-28,32,35-37,40-63,139H,4,7-8,10,12-16,18-21,23-24,29-31,33,38-39,64-72H2,1-3,5-6,9,11,17H3/b36-28-,83-32+,98-80+,135-122-,137-124-,138-125-. The number of halogens is 8. The monoisotopic (exact) mass is 1900 g/mol. The highest BCUT2D eigenvalue weighted by atomic mass is 19.2. The molecular weight excluding hydrogens is 1780 g/mol. The van der Waals surface area contributed by atoms with Gasteiger partial charge in [-0.15, -0.1) is 11.3 Å². The van der Waals surface area contributed by atoms with Crippen LogP contribution in [0, 0.1) is 34.9 Å². The van der Waals surface area contributed by atoms with Gasteiger partial charge in [-0.3, -0.25) is 4.79 Å². The Bertz CT molecular complexity index is 7240. The number of fused-ring (bicyclic) bond motifs is 8. The van der Waals surface area contributed by atoms with Crippen molar-refractivity contribution in [3.05, 3.63) is 502 Å². The van der Waals surface area contributed by atoms with Gasteiger partial charge in [-0.1, -0.05) is 325 Å². The Morgan fingerprint density at radius 3 is 1.56 bits per heavy atom. The van der Waals surface area contributed by atoms with Gasteiger partial charge < -0.3 is 0 Å². The lowest BCUT2D eigenvalue weighted by Gasteiger charge is -2.34. The smallest absolute Gasteiger partial charge is 0.167 e. The SMILES string of the molecule is C=C/C=C(\C=C/CC(=O)CCC)Cc1c(F)c2c(c(F)c1Cc1ccc(C(=C)CC)cc1)C(=C)N=C2/N=C1/c2c(F)c(Cc3ccc(C(=C)CCC)cc3)c(CC3=CC=C(C(=C)CCC)CC=C3)c(F)c2/C2=N/C3=NC(=N\C(=C)N(/C(C)=C4\CC(F)=C(CC5=C=CC=C(C(=C)C)C=C5)C(Cc5ccc(C=C)cc5)=C4F)NN12)/c1c(F)c(Cc2ccc(C(=C)C)cc2)c(Cc2ccc(C(=C)CCC)cc2)c(F)c13. The molecule has 15 rings (SSSR count). The van der Waals surface area contributed by atoms with Gasteiger partial charge in [0.05, 0.1) is 33.5 Å². The Morgan fingerprint density at radius 2 is 1.01 bits per heavy atom. The van der Waals surface area contributed by atoms with Crippen LogP contribution in [0.15, 0.2) is 370 Å². The second-order valence-corrected chi connectivity index (χ2v) is 37.2. The molecule has 2 bridgehead atoms. The molecule has 1 N–H and O–H groups in total. The van der Waals surface area contributed by atoms with Gasteiger partial charge in [0.2, 0.25) is 0 Å². The quantitative estimate of drug-likeness (QED) is 0.0238. The van der Waals surface area contributed by atoms with E-state index in [-0.39, 0.29) is 125 Å².